The first-order chi connectivity index (χ1) is 16.6. The van der Waals surface area contributed by atoms with E-state index in [9.17, 15) is 4.79 Å². The number of nitrogens with one attached hydrogen (secondary N) is 1. The average molecular weight is 453 g/mol. The molecule has 0 radical (unpaired) electrons. The molecule has 0 amide bonds. The van der Waals surface area contributed by atoms with Crippen molar-refractivity contribution in [2.45, 2.75) is 11.8 Å². The van der Waals surface area contributed by atoms with Crippen LogP contribution in [-0.2, 0) is 0 Å². The summed E-state index contributed by atoms with van der Waals surface area (Å²) < 4.78 is 11.0. The van der Waals surface area contributed by atoms with Crippen LogP contribution in [0.15, 0.2) is 88.6 Å². The van der Waals surface area contributed by atoms with Crippen LogP contribution in [0, 0.1) is 0 Å². The largest absolute Gasteiger partial charge is 0.493 e. The minimum atomic E-state index is -0.387. The Morgan fingerprint density at radius 1 is 0.824 bits per heavy atom. The van der Waals surface area contributed by atoms with E-state index >= 15 is 0 Å². The number of nitrogen functional groups attached to an aromatic ring is 1. The molecule has 0 aliphatic carbocycles. The van der Waals surface area contributed by atoms with Gasteiger partial charge in [-0.15, -0.1) is 0 Å². The minimum Gasteiger partial charge on any atom is -0.493 e. The molecule has 1 aliphatic rings. The van der Waals surface area contributed by atoms with Gasteiger partial charge in [-0.2, -0.15) is 4.98 Å². The van der Waals surface area contributed by atoms with E-state index in [0.717, 1.165) is 22.4 Å². The van der Waals surface area contributed by atoms with Crippen molar-refractivity contribution < 1.29 is 9.47 Å². The van der Waals surface area contributed by atoms with E-state index in [2.05, 4.69) is 22.1 Å². The molecule has 1 aliphatic heterocycles. The van der Waals surface area contributed by atoms with Crippen molar-refractivity contribution in [1.29, 1.82) is 0 Å². The van der Waals surface area contributed by atoms with Crippen molar-refractivity contribution in [3.8, 4) is 11.5 Å². The van der Waals surface area contributed by atoms with Gasteiger partial charge in [-0.1, -0.05) is 66.7 Å². The first-order valence-corrected chi connectivity index (χ1v) is 10.9. The fourth-order valence-corrected chi connectivity index (χ4v) is 4.63. The molecule has 34 heavy (non-hydrogen) atoms. The zero-order chi connectivity index (χ0) is 23.7. The Morgan fingerprint density at radius 2 is 1.50 bits per heavy atom. The van der Waals surface area contributed by atoms with E-state index in [-0.39, 0.29) is 23.3 Å². The third kappa shape index (κ3) is 3.71. The molecule has 0 bridgehead atoms. The number of ether oxygens (including phenoxy) is 2. The summed E-state index contributed by atoms with van der Waals surface area (Å²) in [6, 6.07) is 25.7. The molecule has 3 N–H and O–H groups in total. The summed E-state index contributed by atoms with van der Waals surface area (Å²) in [6.45, 7) is 0. The topological polar surface area (TPSA) is 103 Å². The number of hydrogen-bond acceptors (Lipinski definition) is 6. The van der Waals surface area contributed by atoms with Crippen LogP contribution in [0.3, 0.4) is 0 Å². The fourth-order valence-electron chi connectivity index (χ4n) is 4.63. The van der Waals surface area contributed by atoms with E-state index in [0.29, 0.717) is 22.9 Å². The van der Waals surface area contributed by atoms with Crippen molar-refractivity contribution >= 4 is 17.5 Å². The first kappa shape index (κ1) is 21.5. The van der Waals surface area contributed by atoms with E-state index in [1.54, 1.807) is 14.2 Å². The van der Waals surface area contributed by atoms with Crippen molar-refractivity contribution in [3.05, 3.63) is 111 Å². The highest BCUT2D eigenvalue weighted by atomic mass is 16.5. The second kappa shape index (κ2) is 8.86. The molecular weight excluding hydrogens is 428 g/mol. The van der Waals surface area contributed by atoms with E-state index in [1.807, 2.05) is 66.7 Å². The second-order valence-electron chi connectivity index (χ2n) is 8.03. The van der Waals surface area contributed by atoms with Crippen molar-refractivity contribution in [2.24, 2.45) is 4.99 Å². The number of aliphatic imine (C=N–C) groups is 1. The molecule has 0 saturated heterocycles. The minimum absolute atomic E-state index is 0.0316. The SMILES string of the molecule is COc1ccc([C@@H]2c3c(nc(N)[nH]c3=O)N=C(c3ccccc3)[C@H]2c2ccccc2)cc1OC. The van der Waals surface area contributed by atoms with Gasteiger partial charge in [0.15, 0.2) is 17.3 Å². The normalized spacial score (nSPS) is 16.9. The van der Waals surface area contributed by atoms with Gasteiger partial charge in [0.25, 0.3) is 5.56 Å². The second-order valence-corrected chi connectivity index (χ2v) is 8.03. The van der Waals surface area contributed by atoms with Crippen LogP contribution in [-0.4, -0.2) is 29.9 Å². The van der Waals surface area contributed by atoms with E-state index in [4.69, 9.17) is 20.2 Å². The third-order valence-electron chi connectivity index (χ3n) is 6.11. The molecule has 0 spiro atoms. The molecule has 0 fully saturated rings. The summed E-state index contributed by atoms with van der Waals surface area (Å²) in [4.78, 5) is 25.2. The molecule has 3 aromatic carbocycles. The summed E-state index contributed by atoms with van der Waals surface area (Å²) in [6.07, 6.45) is 0. The number of fused-ring (bicyclic) bond motifs is 1. The number of methoxy groups -OCH3 is 2. The zero-order valence-corrected chi connectivity index (χ0v) is 18.9. The maximum Gasteiger partial charge on any atom is 0.258 e. The molecule has 7 heteroatoms. The highest BCUT2D eigenvalue weighted by molar-refractivity contribution is 6.08. The molecule has 4 aromatic rings. The number of benzene rings is 3. The molecule has 0 unspecified atom stereocenters. The lowest BCUT2D eigenvalue weighted by atomic mass is 9.72. The predicted octanol–water partition coefficient (Wildman–Crippen LogP) is 4.42. The highest BCUT2D eigenvalue weighted by Gasteiger charge is 2.39. The Hall–Kier alpha value is -4.39. The van der Waals surface area contributed by atoms with Crippen LogP contribution in [0.25, 0.3) is 0 Å². The summed E-state index contributed by atoms with van der Waals surface area (Å²) in [5, 5.41) is 0. The van der Waals surface area contributed by atoms with Gasteiger partial charge in [-0.25, -0.2) is 4.99 Å². The predicted molar refractivity (Wildman–Crippen MR) is 132 cm³/mol. The van der Waals surface area contributed by atoms with Crippen LogP contribution in [0.5, 0.6) is 11.5 Å². The number of aromatic amines is 1. The highest BCUT2D eigenvalue weighted by Crippen LogP contribution is 2.47. The van der Waals surface area contributed by atoms with Gasteiger partial charge in [-0.3, -0.25) is 9.78 Å². The molecule has 0 saturated carbocycles. The molecular formula is C27H24N4O3. The van der Waals surface area contributed by atoms with Gasteiger partial charge in [0, 0.05) is 11.8 Å². The van der Waals surface area contributed by atoms with Crippen molar-refractivity contribution in [1.82, 2.24) is 9.97 Å². The van der Waals surface area contributed by atoms with Gasteiger partial charge in [0.1, 0.15) is 0 Å². The lowest BCUT2D eigenvalue weighted by Crippen LogP contribution is -2.31. The molecule has 1 aromatic heterocycles. The zero-order valence-electron chi connectivity index (χ0n) is 18.9. The number of nitrogens with zero attached hydrogens (tertiary/aromatic N) is 2. The van der Waals surface area contributed by atoms with E-state index < -0.39 is 0 Å². The van der Waals surface area contributed by atoms with Crippen LogP contribution < -0.4 is 20.8 Å². The summed E-state index contributed by atoms with van der Waals surface area (Å²) in [7, 11) is 3.19. The summed E-state index contributed by atoms with van der Waals surface area (Å²) >= 11 is 0. The van der Waals surface area contributed by atoms with Crippen LogP contribution in [0.1, 0.15) is 34.1 Å². The monoisotopic (exact) mass is 452 g/mol. The van der Waals surface area contributed by atoms with Gasteiger partial charge >= 0.3 is 0 Å². The molecule has 2 heterocycles. The fraction of sp³-hybridized carbons (Fsp3) is 0.148. The average Bonchev–Trinajstić information content (AvgIpc) is 2.88. The number of anilines is 1. The molecule has 170 valence electrons. The van der Waals surface area contributed by atoms with Crippen LogP contribution >= 0.6 is 0 Å². The Kier molecular flexibility index (Phi) is 5.59. The quantitative estimate of drug-likeness (QED) is 0.467. The number of rotatable bonds is 5. The van der Waals surface area contributed by atoms with Crippen LogP contribution in [0.4, 0.5) is 11.8 Å². The number of hydrogen-bond donors (Lipinski definition) is 2. The van der Waals surface area contributed by atoms with Crippen molar-refractivity contribution in [2.75, 3.05) is 20.0 Å². The first-order valence-electron chi connectivity index (χ1n) is 10.9. The summed E-state index contributed by atoms with van der Waals surface area (Å²) in [5.74, 6) is 0.912. The summed E-state index contributed by atoms with van der Waals surface area (Å²) in [5.41, 5.74) is 9.75. The standard InChI is InChI=1S/C27H24N4O3/c1-33-19-14-13-18(15-20(19)34-2)21-22(16-9-5-3-6-10-16)24(17-11-7-4-8-12-17)29-25-23(21)26(32)31-27(28)30-25/h3-15,21-22H,1-2H3,(H3,28,30,31,32)/t21-,22-/m0/s1. The smallest absolute Gasteiger partial charge is 0.258 e. The Morgan fingerprint density at radius 3 is 2.18 bits per heavy atom. The maximum absolute atomic E-state index is 13.3. The Labute approximate surface area is 196 Å². The van der Waals surface area contributed by atoms with Crippen molar-refractivity contribution in [3.63, 3.8) is 0 Å². The lowest BCUT2D eigenvalue weighted by molar-refractivity contribution is 0.354. The van der Waals surface area contributed by atoms with Gasteiger partial charge in [0.05, 0.1) is 25.5 Å². The number of H-pyrrole nitrogens is 1. The van der Waals surface area contributed by atoms with Gasteiger partial charge < -0.3 is 15.2 Å². The molecule has 7 nitrogen and oxygen atoms in total. The number of aromatic nitrogens is 2. The Bertz CT molecular complexity index is 1420. The van der Waals surface area contributed by atoms with Gasteiger partial charge in [-0.05, 0) is 28.8 Å². The number of nitrogens with two attached hydrogens (primary N) is 1. The molecule has 5 rings (SSSR count). The third-order valence-corrected chi connectivity index (χ3v) is 6.11. The Balaban J connectivity index is 1.84. The lowest BCUT2D eigenvalue weighted by Gasteiger charge is -2.33. The van der Waals surface area contributed by atoms with Crippen LogP contribution in [0.2, 0.25) is 0 Å². The maximum atomic E-state index is 13.3. The van der Waals surface area contributed by atoms with Gasteiger partial charge in [0.2, 0.25) is 5.95 Å². The van der Waals surface area contributed by atoms with E-state index in [1.165, 1.54) is 0 Å². The molecule has 2 atom stereocenters.